The molecule has 0 heterocycles. The van der Waals surface area contributed by atoms with Crippen molar-refractivity contribution in [2.24, 2.45) is 5.92 Å². The van der Waals surface area contributed by atoms with Crippen molar-refractivity contribution in [1.29, 1.82) is 0 Å². The van der Waals surface area contributed by atoms with Gasteiger partial charge in [-0.1, -0.05) is 33.5 Å². The lowest BCUT2D eigenvalue weighted by atomic mass is 10.1. The molecule has 0 saturated carbocycles. The van der Waals surface area contributed by atoms with Gasteiger partial charge in [0.05, 0.1) is 8.07 Å². The molecule has 10 heavy (non-hydrogen) atoms. The first-order valence-corrected chi connectivity index (χ1v) is 7.42. The minimum absolute atomic E-state index is 0.326. The molecule has 0 bridgehead atoms. The largest absolute Gasteiger partial charge is 0.303 e. The van der Waals surface area contributed by atoms with Gasteiger partial charge in [0.15, 0.2) is 0 Å². The number of aldehydes is 1. The van der Waals surface area contributed by atoms with Crippen molar-refractivity contribution in [2.75, 3.05) is 0 Å². The molecule has 0 aromatic rings. The van der Waals surface area contributed by atoms with Crippen LogP contribution < -0.4 is 0 Å². The Balaban J connectivity index is 4.21. The minimum atomic E-state index is -1.22. The lowest BCUT2D eigenvalue weighted by Crippen LogP contribution is -2.32. The quantitative estimate of drug-likeness (QED) is 0.456. The topological polar surface area (TPSA) is 17.1 Å². The summed E-state index contributed by atoms with van der Waals surface area (Å²) in [5.74, 6) is 0.518. The van der Waals surface area contributed by atoms with E-state index in [0.717, 1.165) is 6.29 Å². The fraction of sp³-hybridized carbons (Fsp3) is 0.875. The van der Waals surface area contributed by atoms with Crippen LogP contribution in [0.25, 0.3) is 0 Å². The van der Waals surface area contributed by atoms with Gasteiger partial charge < -0.3 is 4.79 Å². The van der Waals surface area contributed by atoms with Gasteiger partial charge in [-0.25, -0.2) is 0 Å². The Morgan fingerprint density at radius 3 is 1.60 bits per heavy atom. The third-order valence-electron chi connectivity index (χ3n) is 1.86. The molecule has 0 saturated heterocycles. The molecular weight excluding hydrogens is 140 g/mol. The maximum atomic E-state index is 10.6. The van der Waals surface area contributed by atoms with Crippen molar-refractivity contribution in [1.82, 2.24) is 0 Å². The zero-order valence-electron chi connectivity index (χ0n) is 7.64. The fourth-order valence-corrected chi connectivity index (χ4v) is 3.77. The van der Waals surface area contributed by atoms with Crippen molar-refractivity contribution >= 4 is 14.4 Å². The van der Waals surface area contributed by atoms with Crippen LogP contribution in [-0.2, 0) is 4.79 Å². The Hall–Kier alpha value is -0.113. The van der Waals surface area contributed by atoms with Crippen LogP contribution in [0.3, 0.4) is 0 Å². The van der Waals surface area contributed by atoms with Crippen molar-refractivity contribution in [2.45, 2.75) is 39.0 Å². The average molecular weight is 158 g/mol. The lowest BCUT2D eigenvalue weighted by molar-refractivity contribution is -0.108. The fourth-order valence-electron chi connectivity index (χ4n) is 1.36. The molecule has 0 aliphatic heterocycles. The second-order valence-corrected chi connectivity index (χ2v) is 9.67. The van der Waals surface area contributed by atoms with Gasteiger partial charge in [-0.15, -0.1) is 0 Å². The summed E-state index contributed by atoms with van der Waals surface area (Å²) in [7, 11) is -1.22. The van der Waals surface area contributed by atoms with Gasteiger partial charge >= 0.3 is 0 Å². The Morgan fingerprint density at radius 1 is 1.20 bits per heavy atom. The van der Waals surface area contributed by atoms with Gasteiger partial charge in [-0.2, -0.15) is 0 Å². The molecule has 1 unspecified atom stereocenters. The van der Waals surface area contributed by atoms with E-state index in [1.165, 1.54) is 0 Å². The molecule has 2 heteroatoms. The molecular formula is C8H18OSi. The van der Waals surface area contributed by atoms with Gasteiger partial charge in [0.1, 0.15) is 6.29 Å². The van der Waals surface area contributed by atoms with Crippen LogP contribution in [-0.4, -0.2) is 14.4 Å². The minimum Gasteiger partial charge on any atom is -0.303 e. The third-order valence-corrected chi connectivity index (χ3v) is 4.67. The number of hydrogen-bond acceptors (Lipinski definition) is 1. The number of rotatable bonds is 3. The summed E-state index contributed by atoms with van der Waals surface area (Å²) in [6.45, 7) is 11.0. The Morgan fingerprint density at radius 2 is 1.60 bits per heavy atom. The van der Waals surface area contributed by atoms with Gasteiger partial charge in [-0.3, -0.25) is 0 Å². The molecule has 1 nitrogen and oxygen atoms in total. The SMILES string of the molecule is CC(C)C(C=O)[Si](C)(C)C. The first-order valence-electron chi connectivity index (χ1n) is 3.85. The molecule has 0 rings (SSSR count). The van der Waals surface area contributed by atoms with Gasteiger partial charge in [-0.05, 0) is 5.92 Å². The van der Waals surface area contributed by atoms with Crippen LogP contribution in [0.4, 0.5) is 0 Å². The summed E-state index contributed by atoms with van der Waals surface area (Å²) in [5.41, 5.74) is 0.326. The van der Waals surface area contributed by atoms with E-state index in [1.807, 2.05) is 0 Å². The summed E-state index contributed by atoms with van der Waals surface area (Å²) in [6, 6.07) is 0. The maximum Gasteiger partial charge on any atom is 0.120 e. The van der Waals surface area contributed by atoms with E-state index < -0.39 is 8.07 Å². The molecule has 1 atom stereocenters. The third kappa shape index (κ3) is 2.65. The van der Waals surface area contributed by atoms with Gasteiger partial charge in [0.2, 0.25) is 0 Å². The molecule has 60 valence electrons. The second kappa shape index (κ2) is 3.33. The van der Waals surface area contributed by atoms with Crippen LogP contribution in [0, 0.1) is 5.92 Å². The monoisotopic (exact) mass is 158 g/mol. The van der Waals surface area contributed by atoms with E-state index in [1.54, 1.807) is 0 Å². The molecule has 0 aliphatic carbocycles. The molecule has 0 fully saturated rings. The molecule has 0 N–H and O–H groups in total. The molecule has 0 spiro atoms. The van der Waals surface area contributed by atoms with E-state index in [2.05, 4.69) is 33.5 Å². The number of hydrogen-bond donors (Lipinski definition) is 0. The zero-order chi connectivity index (χ0) is 8.36. The predicted molar refractivity (Wildman–Crippen MR) is 48.0 cm³/mol. The van der Waals surface area contributed by atoms with E-state index in [0.29, 0.717) is 11.5 Å². The number of carbonyl (C=O) groups excluding carboxylic acids is 1. The maximum absolute atomic E-state index is 10.6. The van der Waals surface area contributed by atoms with Crippen molar-refractivity contribution in [3.63, 3.8) is 0 Å². The number of carbonyl (C=O) groups is 1. The summed E-state index contributed by atoms with van der Waals surface area (Å²) in [6.07, 6.45) is 1.14. The van der Waals surface area contributed by atoms with Crippen LogP contribution >= 0.6 is 0 Å². The van der Waals surface area contributed by atoms with Crippen molar-refractivity contribution < 1.29 is 4.79 Å². The van der Waals surface area contributed by atoms with Gasteiger partial charge in [0.25, 0.3) is 0 Å². The highest BCUT2D eigenvalue weighted by Crippen LogP contribution is 2.26. The van der Waals surface area contributed by atoms with E-state index in [9.17, 15) is 4.79 Å². The molecule has 0 radical (unpaired) electrons. The molecule has 0 aromatic carbocycles. The lowest BCUT2D eigenvalue weighted by Gasteiger charge is -2.26. The summed E-state index contributed by atoms with van der Waals surface area (Å²) in [5, 5.41) is 0. The molecule has 0 aliphatic rings. The van der Waals surface area contributed by atoms with Crippen molar-refractivity contribution in [3.8, 4) is 0 Å². The highest BCUT2D eigenvalue weighted by atomic mass is 28.3. The zero-order valence-corrected chi connectivity index (χ0v) is 8.64. The van der Waals surface area contributed by atoms with E-state index in [-0.39, 0.29) is 0 Å². The highest BCUT2D eigenvalue weighted by Gasteiger charge is 2.28. The van der Waals surface area contributed by atoms with Crippen LogP contribution in [0.5, 0.6) is 0 Å². The van der Waals surface area contributed by atoms with Crippen molar-refractivity contribution in [3.05, 3.63) is 0 Å². The first kappa shape index (κ1) is 9.89. The predicted octanol–water partition coefficient (Wildman–Crippen LogP) is 2.55. The standard InChI is InChI=1S/C8H18OSi/c1-7(2)8(6-9)10(3,4)5/h6-8H,1-5H3. The molecule has 0 amide bonds. The Bertz CT molecular complexity index is 113. The smallest absolute Gasteiger partial charge is 0.120 e. The van der Waals surface area contributed by atoms with Crippen LogP contribution in [0.1, 0.15) is 13.8 Å². The highest BCUT2D eigenvalue weighted by molar-refractivity contribution is 6.79. The summed E-state index contributed by atoms with van der Waals surface area (Å²) >= 11 is 0. The van der Waals surface area contributed by atoms with Crippen LogP contribution in [0.15, 0.2) is 0 Å². The summed E-state index contributed by atoms with van der Waals surface area (Å²) in [4.78, 5) is 10.6. The average Bonchev–Trinajstić information content (AvgIpc) is 1.60. The summed E-state index contributed by atoms with van der Waals surface area (Å²) < 4.78 is 0. The second-order valence-electron chi connectivity index (χ2n) is 4.27. The van der Waals surface area contributed by atoms with E-state index in [4.69, 9.17) is 0 Å². The normalized spacial score (nSPS) is 15.4. The first-order chi connectivity index (χ1) is 4.39. The Labute approximate surface area is 64.8 Å². The molecule has 0 aromatic heterocycles. The van der Waals surface area contributed by atoms with E-state index >= 15 is 0 Å². The Kier molecular flexibility index (Phi) is 3.29. The van der Waals surface area contributed by atoms with Gasteiger partial charge in [0, 0.05) is 5.54 Å². The van der Waals surface area contributed by atoms with Crippen LogP contribution in [0.2, 0.25) is 25.2 Å².